The minimum absolute atomic E-state index is 0.152. The van der Waals surface area contributed by atoms with E-state index in [1.807, 2.05) is 19.1 Å². The van der Waals surface area contributed by atoms with Gasteiger partial charge < -0.3 is 15.4 Å². The summed E-state index contributed by atoms with van der Waals surface area (Å²) in [4.78, 5) is 15.7. The fourth-order valence-corrected chi connectivity index (χ4v) is 2.94. The number of hydrogen-bond acceptors (Lipinski definition) is 5. The monoisotopic (exact) mass is 369 g/mol. The molecular weight excluding hydrogens is 354 g/mol. The van der Waals surface area contributed by atoms with Gasteiger partial charge >= 0.3 is 5.97 Å². The van der Waals surface area contributed by atoms with E-state index in [2.05, 4.69) is 15.6 Å². The van der Waals surface area contributed by atoms with Crippen molar-refractivity contribution in [1.82, 2.24) is 4.98 Å². The SMILES string of the molecule is CCOC(=O)Cc1csc(NC(=S)Nc2cc(Cl)ccc2C)n1. The van der Waals surface area contributed by atoms with Crippen molar-refractivity contribution in [2.24, 2.45) is 0 Å². The molecule has 8 heteroatoms. The van der Waals surface area contributed by atoms with Crippen molar-refractivity contribution in [3.05, 3.63) is 39.9 Å². The summed E-state index contributed by atoms with van der Waals surface area (Å²) in [6, 6.07) is 5.54. The Labute approximate surface area is 149 Å². The molecule has 0 saturated carbocycles. The van der Waals surface area contributed by atoms with Crippen LogP contribution in [-0.4, -0.2) is 22.7 Å². The normalized spacial score (nSPS) is 10.2. The summed E-state index contributed by atoms with van der Waals surface area (Å²) in [5.41, 5.74) is 2.51. The highest BCUT2D eigenvalue weighted by Gasteiger charge is 2.10. The molecule has 0 fully saturated rings. The highest BCUT2D eigenvalue weighted by Crippen LogP contribution is 2.21. The predicted molar refractivity (Wildman–Crippen MR) is 98.5 cm³/mol. The van der Waals surface area contributed by atoms with Crippen LogP contribution in [0.25, 0.3) is 0 Å². The van der Waals surface area contributed by atoms with Crippen LogP contribution in [0.1, 0.15) is 18.2 Å². The molecule has 0 bridgehead atoms. The van der Waals surface area contributed by atoms with E-state index in [1.165, 1.54) is 11.3 Å². The summed E-state index contributed by atoms with van der Waals surface area (Å²) in [7, 11) is 0. The van der Waals surface area contributed by atoms with E-state index in [9.17, 15) is 4.79 Å². The molecule has 1 aromatic carbocycles. The first-order chi connectivity index (χ1) is 11.0. The number of nitrogens with zero attached hydrogens (tertiary/aromatic N) is 1. The Balaban J connectivity index is 1.94. The maximum atomic E-state index is 11.4. The van der Waals surface area contributed by atoms with Gasteiger partial charge in [-0.1, -0.05) is 17.7 Å². The van der Waals surface area contributed by atoms with Crippen LogP contribution in [0.15, 0.2) is 23.6 Å². The second-order valence-electron chi connectivity index (χ2n) is 4.66. The molecule has 1 aromatic heterocycles. The molecule has 23 heavy (non-hydrogen) atoms. The lowest BCUT2D eigenvalue weighted by atomic mass is 10.2. The van der Waals surface area contributed by atoms with Gasteiger partial charge in [-0.25, -0.2) is 4.98 Å². The van der Waals surface area contributed by atoms with Crippen molar-refractivity contribution < 1.29 is 9.53 Å². The summed E-state index contributed by atoms with van der Waals surface area (Å²) in [6.45, 7) is 4.09. The third kappa shape index (κ3) is 5.46. The largest absolute Gasteiger partial charge is 0.466 e. The zero-order valence-corrected chi connectivity index (χ0v) is 15.1. The smallest absolute Gasteiger partial charge is 0.311 e. The van der Waals surface area contributed by atoms with E-state index in [0.717, 1.165) is 11.3 Å². The first kappa shape index (κ1) is 17.7. The number of carbonyl (C=O) groups excluding carboxylic acids is 1. The Morgan fingerprint density at radius 2 is 2.22 bits per heavy atom. The van der Waals surface area contributed by atoms with Gasteiger partial charge in [-0.3, -0.25) is 4.79 Å². The van der Waals surface area contributed by atoms with Crippen molar-refractivity contribution in [2.45, 2.75) is 20.3 Å². The van der Waals surface area contributed by atoms with Crippen LogP contribution in [0.3, 0.4) is 0 Å². The molecule has 5 nitrogen and oxygen atoms in total. The lowest BCUT2D eigenvalue weighted by Crippen LogP contribution is -2.19. The van der Waals surface area contributed by atoms with Gasteiger partial charge in [0.1, 0.15) is 0 Å². The molecule has 2 N–H and O–H groups in total. The van der Waals surface area contributed by atoms with Crippen molar-refractivity contribution >= 4 is 57.1 Å². The standard InChI is InChI=1S/C15H16ClN3O2S2/c1-3-21-13(20)7-11-8-23-15(17-11)19-14(22)18-12-6-10(16)5-4-9(12)2/h4-6,8H,3,7H2,1-2H3,(H2,17,18,19,22). The van der Waals surface area contributed by atoms with Gasteiger partial charge in [0.15, 0.2) is 10.2 Å². The molecular formula is C15H16ClN3O2S2. The number of benzene rings is 1. The number of halogens is 1. The van der Waals surface area contributed by atoms with Crippen LogP contribution >= 0.6 is 35.2 Å². The number of ether oxygens (including phenoxy) is 1. The lowest BCUT2D eigenvalue weighted by molar-refractivity contribution is -0.142. The minimum atomic E-state index is -0.292. The van der Waals surface area contributed by atoms with E-state index in [-0.39, 0.29) is 12.4 Å². The highest BCUT2D eigenvalue weighted by molar-refractivity contribution is 7.80. The number of thiazole rings is 1. The van der Waals surface area contributed by atoms with Crippen LogP contribution in [-0.2, 0) is 16.0 Å². The van der Waals surface area contributed by atoms with Crippen LogP contribution in [0.5, 0.6) is 0 Å². The average molecular weight is 370 g/mol. The number of esters is 1. The Kier molecular flexibility index (Phi) is 6.32. The number of rotatable bonds is 5. The summed E-state index contributed by atoms with van der Waals surface area (Å²) < 4.78 is 4.89. The third-order valence-corrected chi connectivity index (χ3v) is 4.10. The van der Waals surface area contributed by atoms with Gasteiger partial charge in [-0.15, -0.1) is 11.3 Å². The van der Waals surface area contributed by atoms with Crippen LogP contribution in [0.2, 0.25) is 5.02 Å². The maximum absolute atomic E-state index is 11.4. The van der Waals surface area contributed by atoms with Crippen molar-refractivity contribution in [3.8, 4) is 0 Å². The molecule has 0 unspecified atom stereocenters. The number of thiocarbonyl (C=S) groups is 1. The number of hydrogen-bond donors (Lipinski definition) is 2. The molecule has 0 radical (unpaired) electrons. The van der Waals surface area contributed by atoms with Crippen molar-refractivity contribution in [3.63, 3.8) is 0 Å². The summed E-state index contributed by atoms with van der Waals surface area (Å²) in [5, 5.41) is 9.53. The quantitative estimate of drug-likeness (QED) is 0.613. The number of carbonyl (C=O) groups is 1. The van der Waals surface area contributed by atoms with E-state index >= 15 is 0 Å². The maximum Gasteiger partial charge on any atom is 0.311 e. The molecule has 0 spiro atoms. The molecule has 0 aliphatic carbocycles. The molecule has 122 valence electrons. The van der Waals surface area contributed by atoms with E-state index in [4.69, 9.17) is 28.6 Å². The van der Waals surface area contributed by atoms with Gasteiger partial charge in [0.05, 0.1) is 18.7 Å². The summed E-state index contributed by atoms with van der Waals surface area (Å²) in [5.74, 6) is -0.292. The second-order valence-corrected chi connectivity index (χ2v) is 6.37. The number of anilines is 2. The third-order valence-electron chi connectivity index (χ3n) is 2.85. The second kappa shape index (κ2) is 8.24. The van der Waals surface area contributed by atoms with Crippen LogP contribution in [0, 0.1) is 6.92 Å². The average Bonchev–Trinajstić information content (AvgIpc) is 2.90. The van der Waals surface area contributed by atoms with E-state index < -0.39 is 0 Å². The Morgan fingerprint density at radius 3 is 2.96 bits per heavy atom. The zero-order chi connectivity index (χ0) is 16.8. The van der Waals surface area contributed by atoms with Gasteiger partial charge in [0.2, 0.25) is 0 Å². The number of nitrogens with one attached hydrogen (secondary N) is 2. The Hall–Kier alpha value is -1.70. The summed E-state index contributed by atoms with van der Waals surface area (Å²) in [6.07, 6.45) is 0.152. The van der Waals surface area contributed by atoms with Crippen LogP contribution < -0.4 is 10.6 Å². The van der Waals surface area contributed by atoms with Crippen molar-refractivity contribution in [1.29, 1.82) is 0 Å². The molecule has 0 aliphatic rings. The topological polar surface area (TPSA) is 63.2 Å². The molecule has 2 rings (SSSR count). The molecule has 0 aliphatic heterocycles. The first-order valence-corrected chi connectivity index (χ1v) is 8.58. The van der Waals surface area contributed by atoms with Gasteiger partial charge in [0, 0.05) is 16.1 Å². The fourth-order valence-electron chi connectivity index (χ4n) is 1.79. The molecule has 0 atom stereocenters. The molecule has 0 amide bonds. The molecule has 2 aromatic rings. The lowest BCUT2D eigenvalue weighted by Gasteiger charge is -2.11. The van der Waals surface area contributed by atoms with Crippen LogP contribution in [0.4, 0.5) is 10.8 Å². The first-order valence-electron chi connectivity index (χ1n) is 6.92. The highest BCUT2D eigenvalue weighted by atomic mass is 35.5. The van der Waals surface area contributed by atoms with E-state index in [0.29, 0.717) is 27.6 Å². The van der Waals surface area contributed by atoms with Gasteiger partial charge in [-0.2, -0.15) is 0 Å². The van der Waals surface area contributed by atoms with Crippen molar-refractivity contribution in [2.75, 3.05) is 17.2 Å². The molecule has 1 heterocycles. The minimum Gasteiger partial charge on any atom is -0.466 e. The molecule has 0 saturated heterocycles. The summed E-state index contributed by atoms with van der Waals surface area (Å²) >= 11 is 12.6. The number of aryl methyl sites for hydroxylation is 1. The fraction of sp³-hybridized carbons (Fsp3) is 0.267. The Bertz CT molecular complexity index is 718. The zero-order valence-electron chi connectivity index (χ0n) is 12.7. The van der Waals surface area contributed by atoms with Gasteiger partial charge in [-0.05, 0) is 43.8 Å². The van der Waals surface area contributed by atoms with E-state index in [1.54, 1.807) is 18.4 Å². The Morgan fingerprint density at radius 1 is 1.43 bits per heavy atom. The predicted octanol–water partition coefficient (Wildman–Crippen LogP) is 4.02. The number of aromatic nitrogens is 1. The van der Waals surface area contributed by atoms with Gasteiger partial charge in [0.25, 0.3) is 0 Å².